The maximum atomic E-state index is 8.95. The van der Waals surface area contributed by atoms with Gasteiger partial charge < -0.3 is 15.8 Å². The summed E-state index contributed by atoms with van der Waals surface area (Å²) in [6.07, 6.45) is 0. The highest BCUT2D eigenvalue weighted by atomic mass is 16.5. The Morgan fingerprint density at radius 3 is 2.74 bits per heavy atom. The Morgan fingerprint density at radius 2 is 2.00 bits per heavy atom. The largest absolute Gasteiger partial charge is 0.398 e. The highest BCUT2D eigenvalue weighted by molar-refractivity contribution is 5.67. The van der Waals surface area contributed by atoms with Crippen LogP contribution in [-0.2, 0) is 11.3 Å². The van der Waals surface area contributed by atoms with Gasteiger partial charge in [0.25, 0.3) is 0 Å². The van der Waals surface area contributed by atoms with Crippen LogP contribution in [0.15, 0.2) is 42.5 Å². The molecule has 4 nitrogen and oxygen atoms in total. The molecule has 0 aliphatic heterocycles. The summed E-state index contributed by atoms with van der Waals surface area (Å²) in [5, 5.41) is 12.2. The molecule has 0 aromatic heterocycles. The quantitative estimate of drug-likeness (QED) is 0.821. The topological polar surface area (TPSA) is 71.1 Å². The smallest absolute Gasteiger partial charge is 0.101 e. The number of hydrogen-bond acceptors (Lipinski definition) is 4. The van der Waals surface area contributed by atoms with Crippen molar-refractivity contribution in [2.45, 2.75) is 6.61 Å². The molecule has 2 rings (SSSR count). The fourth-order valence-corrected chi connectivity index (χ4v) is 1.80. The maximum Gasteiger partial charge on any atom is 0.101 e. The predicted octanol–water partition coefficient (Wildman–Crippen LogP) is 3.03. The Hall–Kier alpha value is -2.51. The number of nitrogen functional groups attached to an aromatic ring is 1. The van der Waals surface area contributed by atoms with Crippen LogP contribution in [0.1, 0.15) is 11.1 Å². The van der Waals surface area contributed by atoms with E-state index in [1.165, 1.54) is 0 Å². The van der Waals surface area contributed by atoms with Crippen LogP contribution >= 0.6 is 0 Å². The fourth-order valence-electron chi connectivity index (χ4n) is 1.80. The highest BCUT2D eigenvalue weighted by Gasteiger charge is 2.01. The summed E-state index contributed by atoms with van der Waals surface area (Å²) < 4.78 is 5.10. The number of nitriles is 1. The second kappa shape index (κ2) is 5.89. The van der Waals surface area contributed by atoms with Gasteiger partial charge in [-0.15, -0.1) is 0 Å². The Bertz CT molecular complexity index is 617. The standard InChI is InChI=1S/C15H15N3O/c1-19-10-11-3-2-4-13(7-11)18-14-5-6-15(17)12(8-14)9-16/h2-8,18H,10,17H2,1H3. The molecule has 96 valence electrons. The van der Waals surface area contributed by atoms with Gasteiger partial charge in [0, 0.05) is 24.2 Å². The number of ether oxygens (including phenoxy) is 1. The Morgan fingerprint density at radius 1 is 1.21 bits per heavy atom. The lowest BCUT2D eigenvalue weighted by Crippen LogP contribution is -1.95. The summed E-state index contributed by atoms with van der Waals surface area (Å²) in [6, 6.07) is 15.3. The first-order valence-electron chi connectivity index (χ1n) is 5.87. The van der Waals surface area contributed by atoms with E-state index in [-0.39, 0.29) is 0 Å². The normalized spacial score (nSPS) is 9.89. The number of nitrogens with two attached hydrogens (primary N) is 1. The summed E-state index contributed by atoms with van der Waals surface area (Å²) in [6.45, 7) is 0.570. The van der Waals surface area contributed by atoms with Crippen molar-refractivity contribution in [2.75, 3.05) is 18.2 Å². The van der Waals surface area contributed by atoms with Crippen molar-refractivity contribution in [2.24, 2.45) is 0 Å². The van der Waals surface area contributed by atoms with Gasteiger partial charge in [0.2, 0.25) is 0 Å². The van der Waals surface area contributed by atoms with Crippen LogP contribution < -0.4 is 11.1 Å². The minimum Gasteiger partial charge on any atom is -0.398 e. The monoisotopic (exact) mass is 253 g/mol. The molecule has 0 spiro atoms. The van der Waals surface area contributed by atoms with Gasteiger partial charge in [-0.05, 0) is 35.9 Å². The number of hydrogen-bond donors (Lipinski definition) is 2. The van der Waals surface area contributed by atoms with Crippen molar-refractivity contribution in [3.8, 4) is 6.07 Å². The summed E-state index contributed by atoms with van der Waals surface area (Å²) in [5.41, 5.74) is 9.52. The molecule has 2 aromatic carbocycles. The Balaban J connectivity index is 2.21. The molecule has 0 saturated heterocycles. The number of rotatable bonds is 4. The average molecular weight is 253 g/mol. The second-order valence-electron chi connectivity index (χ2n) is 4.17. The predicted molar refractivity (Wildman–Crippen MR) is 76.0 cm³/mol. The van der Waals surface area contributed by atoms with Gasteiger partial charge in [0.1, 0.15) is 6.07 Å². The first-order chi connectivity index (χ1) is 9.22. The van der Waals surface area contributed by atoms with Gasteiger partial charge in [-0.2, -0.15) is 5.26 Å². The SMILES string of the molecule is COCc1cccc(Nc2ccc(N)c(C#N)c2)c1. The van der Waals surface area contributed by atoms with Crippen molar-refractivity contribution < 1.29 is 4.74 Å². The van der Waals surface area contributed by atoms with E-state index in [9.17, 15) is 0 Å². The molecule has 0 bridgehead atoms. The van der Waals surface area contributed by atoms with E-state index in [1.54, 1.807) is 19.2 Å². The fraction of sp³-hybridized carbons (Fsp3) is 0.133. The van der Waals surface area contributed by atoms with Crippen LogP contribution in [-0.4, -0.2) is 7.11 Å². The molecule has 0 radical (unpaired) electrons. The van der Waals surface area contributed by atoms with Crippen molar-refractivity contribution in [1.29, 1.82) is 5.26 Å². The average Bonchev–Trinajstić information content (AvgIpc) is 2.42. The number of nitrogens with one attached hydrogen (secondary N) is 1. The molecule has 0 aliphatic rings. The molecular formula is C15H15N3O. The molecular weight excluding hydrogens is 238 g/mol. The maximum absolute atomic E-state index is 8.95. The van der Waals surface area contributed by atoms with Crippen LogP contribution in [0.3, 0.4) is 0 Å². The molecule has 2 aromatic rings. The zero-order valence-electron chi connectivity index (χ0n) is 10.7. The molecule has 0 unspecified atom stereocenters. The summed E-state index contributed by atoms with van der Waals surface area (Å²) >= 11 is 0. The van der Waals surface area contributed by atoms with Crippen LogP contribution in [0.25, 0.3) is 0 Å². The molecule has 0 amide bonds. The molecule has 0 heterocycles. The zero-order chi connectivity index (χ0) is 13.7. The third-order valence-corrected chi connectivity index (χ3v) is 2.70. The Kier molecular flexibility index (Phi) is 4.01. The van der Waals surface area contributed by atoms with Gasteiger partial charge >= 0.3 is 0 Å². The molecule has 3 N–H and O–H groups in total. The number of nitrogens with zero attached hydrogens (tertiary/aromatic N) is 1. The van der Waals surface area contributed by atoms with Gasteiger partial charge in [-0.1, -0.05) is 12.1 Å². The van der Waals surface area contributed by atoms with Crippen LogP contribution in [0.2, 0.25) is 0 Å². The van der Waals surface area contributed by atoms with Crippen LogP contribution in [0.5, 0.6) is 0 Å². The molecule has 0 saturated carbocycles. The van der Waals surface area contributed by atoms with E-state index >= 15 is 0 Å². The third kappa shape index (κ3) is 3.24. The third-order valence-electron chi connectivity index (χ3n) is 2.70. The number of benzene rings is 2. The summed E-state index contributed by atoms with van der Waals surface area (Å²) in [4.78, 5) is 0. The lowest BCUT2D eigenvalue weighted by Gasteiger charge is -2.09. The van der Waals surface area contributed by atoms with Crippen molar-refractivity contribution in [1.82, 2.24) is 0 Å². The van der Waals surface area contributed by atoms with E-state index in [1.807, 2.05) is 30.3 Å². The first-order valence-corrected chi connectivity index (χ1v) is 5.87. The number of methoxy groups -OCH3 is 1. The summed E-state index contributed by atoms with van der Waals surface area (Å²) in [7, 11) is 1.67. The second-order valence-corrected chi connectivity index (χ2v) is 4.17. The van der Waals surface area contributed by atoms with Gasteiger partial charge in [-0.3, -0.25) is 0 Å². The van der Waals surface area contributed by atoms with Gasteiger partial charge in [0.15, 0.2) is 0 Å². The molecule has 4 heteroatoms. The summed E-state index contributed by atoms with van der Waals surface area (Å²) in [5.74, 6) is 0. The van der Waals surface area contributed by atoms with E-state index < -0.39 is 0 Å². The van der Waals surface area contributed by atoms with Gasteiger partial charge in [0.05, 0.1) is 12.2 Å². The van der Waals surface area contributed by atoms with E-state index in [0.29, 0.717) is 17.9 Å². The van der Waals surface area contributed by atoms with Crippen LogP contribution in [0, 0.1) is 11.3 Å². The lowest BCUT2D eigenvalue weighted by atomic mass is 10.1. The van der Waals surface area contributed by atoms with Crippen molar-refractivity contribution >= 4 is 17.1 Å². The van der Waals surface area contributed by atoms with Crippen LogP contribution in [0.4, 0.5) is 17.1 Å². The highest BCUT2D eigenvalue weighted by Crippen LogP contribution is 2.21. The Labute approximate surface area is 112 Å². The first kappa shape index (κ1) is 12.9. The minimum absolute atomic E-state index is 0.470. The van der Waals surface area contributed by atoms with Crippen molar-refractivity contribution in [3.05, 3.63) is 53.6 Å². The minimum atomic E-state index is 0.470. The molecule has 0 aliphatic carbocycles. The van der Waals surface area contributed by atoms with E-state index in [4.69, 9.17) is 15.7 Å². The molecule has 0 fully saturated rings. The zero-order valence-corrected chi connectivity index (χ0v) is 10.7. The van der Waals surface area contributed by atoms with E-state index in [2.05, 4.69) is 11.4 Å². The number of anilines is 3. The molecule has 19 heavy (non-hydrogen) atoms. The lowest BCUT2D eigenvalue weighted by molar-refractivity contribution is 0.185. The van der Waals surface area contributed by atoms with E-state index in [0.717, 1.165) is 16.9 Å². The van der Waals surface area contributed by atoms with Gasteiger partial charge in [-0.25, -0.2) is 0 Å². The van der Waals surface area contributed by atoms with Crippen molar-refractivity contribution in [3.63, 3.8) is 0 Å². The molecule has 0 atom stereocenters.